The van der Waals surface area contributed by atoms with Gasteiger partial charge in [0.1, 0.15) is 23.0 Å². The number of ether oxygens (including phenoxy) is 2. The van der Waals surface area contributed by atoms with Crippen molar-refractivity contribution in [1.29, 1.82) is 0 Å². The van der Waals surface area contributed by atoms with Crippen molar-refractivity contribution in [1.82, 2.24) is 5.43 Å². The lowest BCUT2D eigenvalue weighted by Gasteiger charge is -2.07. The van der Waals surface area contributed by atoms with Gasteiger partial charge in [-0.05, 0) is 77.9 Å². The van der Waals surface area contributed by atoms with Gasteiger partial charge in [0.05, 0.1) is 11.2 Å². The second-order valence-electron chi connectivity index (χ2n) is 8.34. The Balaban J connectivity index is 1.12. The molecule has 0 spiro atoms. The van der Waals surface area contributed by atoms with Gasteiger partial charge in [0, 0.05) is 20.7 Å². The van der Waals surface area contributed by atoms with Crippen LogP contribution in [0.3, 0.4) is 0 Å². The lowest BCUT2D eigenvalue weighted by molar-refractivity contribution is 0.0739. The molecule has 0 bridgehead atoms. The molecule has 0 radical (unpaired) electrons. The van der Waals surface area contributed by atoms with E-state index < -0.39 is 5.97 Å². The van der Waals surface area contributed by atoms with Crippen molar-refractivity contribution in [2.45, 2.75) is 6.61 Å². The van der Waals surface area contributed by atoms with E-state index in [1.165, 1.54) is 17.6 Å². The average molecular weight is 575 g/mol. The highest BCUT2D eigenvalue weighted by molar-refractivity contribution is 7.21. The Morgan fingerprint density at radius 3 is 2.26 bits per heavy atom. The van der Waals surface area contributed by atoms with Gasteiger partial charge < -0.3 is 9.47 Å². The second kappa shape index (κ2) is 12.1. The molecule has 1 amide bonds. The Morgan fingerprint density at radius 1 is 0.846 bits per heavy atom. The number of rotatable bonds is 8. The first-order chi connectivity index (χ1) is 19.0. The van der Waals surface area contributed by atoms with Crippen LogP contribution in [0.5, 0.6) is 11.5 Å². The first-order valence-corrected chi connectivity index (χ1v) is 13.3. The molecule has 0 aliphatic heterocycles. The summed E-state index contributed by atoms with van der Waals surface area (Å²) in [5.74, 6) is 0.219. The molecule has 0 unspecified atom stereocenters. The van der Waals surface area contributed by atoms with Crippen LogP contribution in [-0.4, -0.2) is 18.1 Å². The number of carbonyl (C=O) groups is 2. The van der Waals surface area contributed by atoms with Crippen LogP contribution in [0.15, 0.2) is 102 Å². The molecule has 1 aromatic heterocycles. The molecule has 39 heavy (non-hydrogen) atoms. The van der Waals surface area contributed by atoms with Crippen LogP contribution in [0.25, 0.3) is 10.1 Å². The van der Waals surface area contributed by atoms with E-state index in [0.717, 1.165) is 15.6 Å². The maximum atomic E-state index is 12.6. The van der Waals surface area contributed by atoms with E-state index >= 15 is 0 Å². The smallest absolute Gasteiger partial charge is 0.355 e. The molecule has 1 heterocycles. The van der Waals surface area contributed by atoms with Gasteiger partial charge in [0.25, 0.3) is 5.91 Å². The number of benzene rings is 4. The molecule has 0 aliphatic rings. The number of nitrogens with one attached hydrogen (secondary N) is 1. The number of hydrazone groups is 1. The largest absolute Gasteiger partial charge is 0.489 e. The predicted molar refractivity (Wildman–Crippen MR) is 156 cm³/mol. The predicted octanol–water partition coefficient (Wildman–Crippen LogP) is 7.77. The van der Waals surface area contributed by atoms with Crippen molar-refractivity contribution in [3.8, 4) is 11.5 Å². The average Bonchev–Trinajstić information content (AvgIpc) is 3.30. The summed E-state index contributed by atoms with van der Waals surface area (Å²) in [6, 6.07) is 28.4. The third kappa shape index (κ3) is 6.64. The van der Waals surface area contributed by atoms with E-state index in [1.807, 2.05) is 36.4 Å². The molecular weight excluding hydrogens is 555 g/mol. The molecule has 1 N–H and O–H groups in total. The van der Waals surface area contributed by atoms with Gasteiger partial charge >= 0.3 is 5.97 Å². The summed E-state index contributed by atoms with van der Waals surface area (Å²) in [6.07, 6.45) is 1.50. The zero-order valence-electron chi connectivity index (χ0n) is 20.3. The lowest BCUT2D eigenvalue weighted by atomic mass is 10.1. The zero-order chi connectivity index (χ0) is 27.2. The molecule has 0 fully saturated rings. The summed E-state index contributed by atoms with van der Waals surface area (Å²) in [5, 5.41) is 5.87. The second-order valence-corrected chi connectivity index (χ2v) is 10.2. The summed E-state index contributed by atoms with van der Waals surface area (Å²) in [4.78, 5) is 25.4. The maximum Gasteiger partial charge on any atom is 0.355 e. The van der Waals surface area contributed by atoms with Crippen molar-refractivity contribution in [3.05, 3.63) is 129 Å². The van der Waals surface area contributed by atoms with Gasteiger partial charge in [0.2, 0.25) is 0 Å². The molecule has 194 valence electrons. The van der Waals surface area contributed by atoms with Gasteiger partial charge in [-0.2, -0.15) is 5.10 Å². The summed E-state index contributed by atoms with van der Waals surface area (Å²) < 4.78 is 12.1. The van der Waals surface area contributed by atoms with Gasteiger partial charge in [-0.25, -0.2) is 10.2 Å². The molecule has 4 aromatic carbocycles. The van der Waals surface area contributed by atoms with Crippen LogP contribution in [0.2, 0.25) is 10.0 Å². The van der Waals surface area contributed by atoms with E-state index in [-0.39, 0.29) is 5.91 Å². The number of nitrogens with zero attached hydrogens (tertiary/aromatic N) is 1. The number of halogens is 2. The highest BCUT2D eigenvalue weighted by Gasteiger charge is 2.18. The molecule has 5 aromatic rings. The van der Waals surface area contributed by atoms with Crippen molar-refractivity contribution in [3.63, 3.8) is 0 Å². The Morgan fingerprint density at radius 2 is 1.54 bits per heavy atom. The van der Waals surface area contributed by atoms with Crippen LogP contribution in [0.1, 0.15) is 31.2 Å². The third-order valence-electron chi connectivity index (χ3n) is 5.63. The van der Waals surface area contributed by atoms with E-state index in [0.29, 0.717) is 44.2 Å². The number of esters is 1. The van der Waals surface area contributed by atoms with E-state index in [9.17, 15) is 9.59 Å². The van der Waals surface area contributed by atoms with Crippen molar-refractivity contribution < 1.29 is 19.1 Å². The van der Waals surface area contributed by atoms with Crippen LogP contribution in [0, 0.1) is 0 Å². The molecule has 6 nitrogen and oxygen atoms in total. The molecule has 0 saturated heterocycles. The number of hydrogen-bond acceptors (Lipinski definition) is 6. The number of thiophene rings is 1. The number of hydrogen-bond donors (Lipinski definition) is 1. The summed E-state index contributed by atoms with van der Waals surface area (Å²) in [7, 11) is 0. The van der Waals surface area contributed by atoms with Crippen LogP contribution < -0.4 is 14.9 Å². The number of carbonyl (C=O) groups excluding carboxylic acids is 2. The first-order valence-electron chi connectivity index (χ1n) is 11.8. The fourth-order valence-corrected chi connectivity index (χ4v) is 5.11. The SMILES string of the molecule is O=C(NN=Cc1ccc(OC(=O)c2sc3ccccc3c2Cl)cc1)c1ccc(COc2ccc(Cl)cc2)cc1. The fourth-order valence-electron chi connectivity index (χ4n) is 3.60. The van der Waals surface area contributed by atoms with Crippen LogP contribution in [0.4, 0.5) is 0 Å². The molecule has 0 aliphatic carbocycles. The first kappa shape index (κ1) is 26.4. The molecule has 0 saturated carbocycles. The molecule has 0 atom stereocenters. The van der Waals surface area contributed by atoms with Crippen molar-refractivity contribution in [2.24, 2.45) is 5.10 Å². The van der Waals surface area contributed by atoms with E-state index in [4.69, 9.17) is 32.7 Å². The minimum atomic E-state index is -0.516. The normalized spacial score (nSPS) is 11.0. The number of amides is 1. The van der Waals surface area contributed by atoms with Crippen LogP contribution >= 0.6 is 34.5 Å². The maximum absolute atomic E-state index is 12.6. The Kier molecular flexibility index (Phi) is 8.22. The summed E-state index contributed by atoms with van der Waals surface area (Å²) in [5.41, 5.74) is 4.60. The lowest BCUT2D eigenvalue weighted by Crippen LogP contribution is -2.17. The fraction of sp³-hybridized carbons (Fsp3) is 0.0333. The summed E-state index contributed by atoms with van der Waals surface area (Å²) in [6.45, 7) is 0.365. The molecule has 5 rings (SSSR count). The van der Waals surface area contributed by atoms with E-state index in [1.54, 1.807) is 60.7 Å². The topological polar surface area (TPSA) is 77.0 Å². The molecular formula is C30H20Cl2N2O4S. The third-order valence-corrected chi connectivity index (χ3v) is 7.53. The standard InChI is InChI=1S/C30H20Cl2N2O4S/c31-22-11-15-23(16-12-22)37-18-20-5-9-21(10-6-20)29(35)34-33-17-19-7-13-24(14-8-19)38-30(36)28-27(32)25-3-1-2-4-26(25)39-28/h1-17H,18H2,(H,34,35). The minimum absolute atomic E-state index is 0.345. The summed E-state index contributed by atoms with van der Waals surface area (Å²) >= 11 is 13.5. The van der Waals surface area contributed by atoms with Crippen LogP contribution in [-0.2, 0) is 6.61 Å². The van der Waals surface area contributed by atoms with Gasteiger partial charge in [-0.15, -0.1) is 11.3 Å². The zero-order valence-corrected chi connectivity index (χ0v) is 22.6. The quantitative estimate of drug-likeness (QED) is 0.0888. The Labute approximate surface area is 238 Å². The highest BCUT2D eigenvalue weighted by atomic mass is 35.5. The van der Waals surface area contributed by atoms with Crippen molar-refractivity contribution >= 4 is 62.7 Å². The Bertz CT molecular complexity index is 1650. The Hall–Kier alpha value is -4.17. The molecule has 9 heteroatoms. The number of fused-ring (bicyclic) bond motifs is 1. The van der Waals surface area contributed by atoms with Gasteiger partial charge in [-0.1, -0.05) is 53.5 Å². The van der Waals surface area contributed by atoms with Gasteiger partial charge in [-0.3, -0.25) is 4.79 Å². The van der Waals surface area contributed by atoms with E-state index in [2.05, 4.69) is 10.5 Å². The highest BCUT2D eigenvalue weighted by Crippen LogP contribution is 2.35. The van der Waals surface area contributed by atoms with Crippen molar-refractivity contribution in [2.75, 3.05) is 0 Å². The monoisotopic (exact) mass is 574 g/mol. The van der Waals surface area contributed by atoms with Gasteiger partial charge in [0.15, 0.2) is 0 Å². The minimum Gasteiger partial charge on any atom is -0.489 e.